The summed E-state index contributed by atoms with van der Waals surface area (Å²) in [5.74, 6) is -0.364. The fourth-order valence-corrected chi connectivity index (χ4v) is 4.33. The zero-order valence-electron chi connectivity index (χ0n) is 19.2. The number of pyridine rings is 1. The molecule has 0 saturated carbocycles. The number of fused-ring (bicyclic) bond motifs is 1. The van der Waals surface area contributed by atoms with Crippen LogP contribution in [0.25, 0.3) is 10.9 Å². The molecule has 176 valence electrons. The molecule has 0 aliphatic heterocycles. The van der Waals surface area contributed by atoms with Crippen molar-refractivity contribution in [1.82, 2.24) is 14.9 Å². The van der Waals surface area contributed by atoms with Crippen LogP contribution in [0.1, 0.15) is 40.2 Å². The Morgan fingerprint density at radius 1 is 1.12 bits per heavy atom. The number of aliphatic hydroxyl groups excluding tert-OH is 1. The van der Waals surface area contributed by atoms with Gasteiger partial charge in [0.15, 0.2) is 0 Å². The third kappa shape index (κ3) is 5.65. The molecule has 7 heteroatoms. The Balaban J connectivity index is 1.48. The number of nitrogens with one attached hydrogen (secondary N) is 1. The third-order valence-electron chi connectivity index (χ3n) is 5.89. The van der Waals surface area contributed by atoms with Gasteiger partial charge in [0.1, 0.15) is 5.69 Å². The highest BCUT2D eigenvalue weighted by Gasteiger charge is 2.17. The number of aliphatic hydroxyl groups is 1. The standard InChI is InChI=1S/C27H28ClN3O3/c1-18(30-16-26(32)21-4-3-5-23(28)14-21)12-20-6-7-24-22(13-20)15-25(27(33)34-2)31(24)17-19-8-10-29-11-9-19/h3-11,13-15,18,26,30,32H,12,16-17H2,1-2H3/t18?,26-/m0/s1. The van der Waals surface area contributed by atoms with Gasteiger partial charge in [-0.05, 0) is 72.5 Å². The summed E-state index contributed by atoms with van der Waals surface area (Å²) in [5, 5.41) is 15.5. The molecule has 0 bridgehead atoms. The van der Waals surface area contributed by atoms with Crippen LogP contribution in [0.15, 0.2) is 73.1 Å². The Kier molecular flexibility index (Phi) is 7.63. The van der Waals surface area contributed by atoms with E-state index in [0.29, 0.717) is 23.8 Å². The molecule has 2 atom stereocenters. The van der Waals surface area contributed by atoms with Crippen molar-refractivity contribution in [3.8, 4) is 0 Å². The van der Waals surface area contributed by atoms with Gasteiger partial charge in [0.25, 0.3) is 0 Å². The van der Waals surface area contributed by atoms with Gasteiger partial charge in [-0.25, -0.2) is 4.79 Å². The first-order chi connectivity index (χ1) is 16.4. The summed E-state index contributed by atoms with van der Waals surface area (Å²) in [6, 6.07) is 19.4. The van der Waals surface area contributed by atoms with Crippen molar-refractivity contribution in [2.24, 2.45) is 0 Å². The maximum Gasteiger partial charge on any atom is 0.354 e. The fraction of sp³-hybridized carbons (Fsp3) is 0.259. The lowest BCUT2D eigenvalue weighted by atomic mass is 10.0. The van der Waals surface area contributed by atoms with E-state index in [4.69, 9.17) is 16.3 Å². The molecule has 0 spiro atoms. The van der Waals surface area contributed by atoms with Crippen LogP contribution in [-0.4, -0.2) is 40.3 Å². The summed E-state index contributed by atoms with van der Waals surface area (Å²) in [7, 11) is 1.40. The van der Waals surface area contributed by atoms with Crippen LogP contribution in [0, 0.1) is 0 Å². The van der Waals surface area contributed by atoms with Crippen molar-refractivity contribution in [1.29, 1.82) is 0 Å². The minimum Gasteiger partial charge on any atom is -0.464 e. The van der Waals surface area contributed by atoms with Gasteiger partial charge in [0.2, 0.25) is 0 Å². The van der Waals surface area contributed by atoms with Gasteiger partial charge in [-0.1, -0.05) is 29.8 Å². The summed E-state index contributed by atoms with van der Waals surface area (Å²) in [5.41, 5.74) is 4.47. The molecule has 34 heavy (non-hydrogen) atoms. The summed E-state index contributed by atoms with van der Waals surface area (Å²) in [6.45, 7) is 3.07. The van der Waals surface area contributed by atoms with Gasteiger partial charge in [-0.15, -0.1) is 0 Å². The SMILES string of the molecule is COC(=O)c1cc2cc(CC(C)NC[C@H](O)c3cccc(Cl)c3)ccc2n1Cc1ccncc1. The van der Waals surface area contributed by atoms with Crippen molar-refractivity contribution in [3.63, 3.8) is 0 Å². The van der Waals surface area contributed by atoms with E-state index in [1.165, 1.54) is 7.11 Å². The van der Waals surface area contributed by atoms with Crippen LogP contribution >= 0.6 is 11.6 Å². The number of nitrogens with zero attached hydrogens (tertiary/aromatic N) is 2. The van der Waals surface area contributed by atoms with E-state index in [1.54, 1.807) is 24.5 Å². The molecule has 2 aromatic heterocycles. The lowest BCUT2D eigenvalue weighted by Gasteiger charge is -2.18. The Hall–Kier alpha value is -3.19. The number of halogens is 1. The number of esters is 1. The molecule has 0 saturated heterocycles. The number of methoxy groups -OCH3 is 1. The molecule has 0 aliphatic rings. The third-order valence-corrected chi connectivity index (χ3v) is 6.12. The zero-order valence-corrected chi connectivity index (χ0v) is 20.0. The molecule has 0 radical (unpaired) electrons. The van der Waals surface area contributed by atoms with E-state index in [1.807, 2.05) is 41.0 Å². The molecule has 2 aromatic carbocycles. The van der Waals surface area contributed by atoms with Crippen molar-refractivity contribution >= 4 is 28.5 Å². The van der Waals surface area contributed by atoms with Gasteiger partial charge in [0.05, 0.1) is 13.2 Å². The van der Waals surface area contributed by atoms with E-state index >= 15 is 0 Å². The molecule has 4 aromatic rings. The van der Waals surface area contributed by atoms with Crippen LogP contribution in [0.4, 0.5) is 0 Å². The van der Waals surface area contributed by atoms with E-state index in [9.17, 15) is 9.90 Å². The average molecular weight is 478 g/mol. The second-order valence-electron chi connectivity index (χ2n) is 8.44. The normalized spacial score (nSPS) is 13.1. The Morgan fingerprint density at radius 3 is 2.65 bits per heavy atom. The Morgan fingerprint density at radius 2 is 1.91 bits per heavy atom. The quantitative estimate of drug-likeness (QED) is 0.339. The molecule has 0 amide bonds. The Labute approximate surface area is 204 Å². The molecule has 2 heterocycles. The first-order valence-corrected chi connectivity index (χ1v) is 11.6. The smallest absolute Gasteiger partial charge is 0.354 e. The fourth-order valence-electron chi connectivity index (χ4n) is 4.13. The number of benzene rings is 2. The average Bonchev–Trinajstić information content (AvgIpc) is 3.20. The number of hydrogen-bond donors (Lipinski definition) is 2. The maximum atomic E-state index is 12.4. The molecule has 2 N–H and O–H groups in total. The first kappa shape index (κ1) is 24.0. The predicted molar refractivity (Wildman–Crippen MR) is 134 cm³/mol. The highest BCUT2D eigenvalue weighted by Crippen LogP contribution is 2.24. The van der Waals surface area contributed by atoms with Crippen LogP contribution in [0.3, 0.4) is 0 Å². The summed E-state index contributed by atoms with van der Waals surface area (Å²) >= 11 is 6.03. The summed E-state index contributed by atoms with van der Waals surface area (Å²) < 4.78 is 7.00. The van der Waals surface area contributed by atoms with Gasteiger partial charge >= 0.3 is 5.97 Å². The molecular formula is C27H28ClN3O3. The molecule has 4 rings (SSSR count). The number of aromatic nitrogens is 2. The lowest BCUT2D eigenvalue weighted by molar-refractivity contribution is 0.0589. The highest BCUT2D eigenvalue weighted by molar-refractivity contribution is 6.30. The van der Waals surface area contributed by atoms with Crippen molar-refractivity contribution < 1.29 is 14.6 Å². The molecule has 0 fully saturated rings. The van der Waals surface area contributed by atoms with E-state index in [2.05, 4.69) is 29.4 Å². The van der Waals surface area contributed by atoms with Gasteiger partial charge in [-0.3, -0.25) is 4.98 Å². The molecule has 1 unspecified atom stereocenters. The zero-order chi connectivity index (χ0) is 24.1. The number of ether oxygens (including phenoxy) is 1. The predicted octanol–water partition coefficient (Wildman–Crippen LogP) is 4.78. The minimum atomic E-state index is -0.631. The second kappa shape index (κ2) is 10.8. The first-order valence-electron chi connectivity index (χ1n) is 11.2. The number of carbonyl (C=O) groups is 1. The number of carbonyl (C=O) groups excluding carboxylic acids is 1. The van der Waals surface area contributed by atoms with Crippen LogP contribution in [0.5, 0.6) is 0 Å². The maximum absolute atomic E-state index is 12.4. The van der Waals surface area contributed by atoms with Crippen LogP contribution in [0.2, 0.25) is 5.02 Å². The van der Waals surface area contributed by atoms with Gasteiger partial charge < -0.3 is 19.7 Å². The summed E-state index contributed by atoms with van der Waals surface area (Å²) in [4.78, 5) is 16.5. The topological polar surface area (TPSA) is 76.4 Å². The minimum absolute atomic E-state index is 0.144. The lowest BCUT2D eigenvalue weighted by Crippen LogP contribution is -2.32. The monoisotopic (exact) mass is 477 g/mol. The van der Waals surface area contributed by atoms with Crippen LogP contribution < -0.4 is 5.32 Å². The molecule has 6 nitrogen and oxygen atoms in total. The van der Waals surface area contributed by atoms with Crippen molar-refractivity contribution in [2.45, 2.75) is 32.0 Å². The summed E-state index contributed by atoms with van der Waals surface area (Å²) in [6.07, 6.45) is 3.64. The van der Waals surface area contributed by atoms with Gasteiger partial charge in [0, 0.05) is 47.5 Å². The van der Waals surface area contributed by atoms with Crippen molar-refractivity contribution in [3.05, 3.63) is 100 Å². The van der Waals surface area contributed by atoms with Crippen molar-refractivity contribution in [2.75, 3.05) is 13.7 Å². The Bertz CT molecular complexity index is 1270. The van der Waals surface area contributed by atoms with E-state index in [-0.39, 0.29) is 12.0 Å². The number of hydrogen-bond acceptors (Lipinski definition) is 5. The largest absolute Gasteiger partial charge is 0.464 e. The molecule has 0 aliphatic carbocycles. The van der Waals surface area contributed by atoms with E-state index in [0.717, 1.165) is 34.0 Å². The number of rotatable bonds is 9. The second-order valence-corrected chi connectivity index (χ2v) is 8.88. The highest BCUT2D eigenvalue weighted by atomic mass is 35.5. The molecular weight excluding hydrogens is 450 g/mol. The van der Waals surface area contributed by atoms with Gasteiger partial charge in [-0.2, -0.15) is 0 Å². The van der Waals surface area contributed by atoms with Crippen LogP contribution in [-0.2, 0) is 17.7 Å². The van der Waals surface area contributed by atoms with E-state index < -0.39 is 6.10 Å².